The van der Waals surface area contributed by atoms with Gasteiger partial charge in [-0.2, -0.15) is 0 Å². The summed E-state index contributed by atoms with van der Waals surface area (Å²) in [6, 6.07) is 4.72. The van der Waals surface area contributed by atoms with Crippen LogP contribution >= 0.6 is 18.9 Å². The van der Waals surface area contributed by atoms with E-state index in [1.807, 2.05) is 19.2 Å². The summed E-state index contributed by atoms with van der Waals surface area (Å²) in [5.41, 5.74) is 0.727. The number of hydrogen-bond acceptors (Lipinski definition) is 19. The van der Waals surface area contributed by atoms with Crippen LogP contribution in [-0.4, -0.2) is 121 Å². The van der Waals surface area contributed by atoms with Gasteiger partial charge in [0.2, 0.25) is 25.4 Å². The van der Waals surface area contributed by atoms with E-state index in [1.54, 1.807) is 66.0 Å². The zero-order chi connectivity index (χ0) is 50.1. The number of rotatable bonds is 21. The fourth-order valence-electron chi connectivity index (χ4n) is 8.17. The molecular formula is C46H63N6O15PS. The van der Waals surface area contributed by atoms with Crippen LogP contribution in [0.4, 0.5) is 19.5 Å². The second-order valence-electron chi connectivity index (χ2n) is 18.1. The number of alkyl carbamates (subject to hydrolysis) is 1. The smallest absolute Gasteiger partial charge is 0.497 e. The van der Waals surface area contributed by atoms with Crippen molar-refractivity contribution in [2.75, 3.05) is 45.8 Å². The maximum Gasteiger partial charge on any atom is 0.510 e. The standard InChI is InChI=1S/C46H63N6O15PS/c1-10-28-22-46(28,68(58,64-25-62-43(56)60-11-2)65-26-63-44(57)61-12-3)51-39(53)36-20-31(23-52(36)40(54)38(45(6,7)8)50-42(55)67-29-15-13-14-16-29)66-37-21-34(35-24-69-41(49-35)47-27(4)5)48-33-19-30(59-9)17-18-32(33)37/h10,17-19,21,24,27-29,31,36,38H,1,11-16,20,22-23,25-26H2,2-9H3,(H,47,49)(H,50,55)(H,51,53)/t28?,31?,36-,38+,46-/m0/s1. The second-order valence-corrected chi connectivity index (χ2v) is 21.2. The summed E-state index contributed by atoms with van der Waals surface area (Å²) in [6.07, 6.45) is 0.398. The number of likely N-dealkylation sites (tertiary alicyclic amines) is 1. The average molecular weight is 1000 g/mol. The highest BCUT2D eigenvalue weighted by Crippen LogP contribution is 2.73. The van der Waals surface area contributed by atoms with E-state index in [4.69, 9.17) is 52.2 Å². The van der Waals surface area contributed by atoms with E-state index in [2.05, 4.69) is 22.5 Å². The van der Waals surface area contributed by atoms with Gasteiger partial charge in [-0.3, -0.25) is 23.2 Å². The van der Waals surface area contributed by atoms with E-state index in [-0.39, 0.29) is 44.7 Å². The van der Waals surface area contributed by atoms with E-state index in [0.717, 1.165) is 12.8 Å². The Hall–Kier alpha value is -5.70. The lowest BCUT2D eigenvalue weighted by Gasteiger charge is -2.36. The van der Waals surface area contributed by atoms with Gasteiger partial charge in [-0.25, -0.2) is 24.4 Å². The van der Waals surface area contributed by atoms with Crippen LogP contribution in [0.25, 0.3) is 22.3 Å². The van der Waals surface area contributed by atoms with Crippen LogP contribution in [0.5, 0.6) is 11.5 Å². The van der Waals surface area contributed by atoms with E-state index < -0.39 is 86.2 Å². The number of anilines is 1. The molecule has 378 valence electrons. The van der Waals surface area contributed by atoms with Gasteiger partial charge in [0.25, 0.3) is 0 Å². The molecule has 0 spiro atoms. The number of aromatic nitrogens is 2. The number of carbonyl (C=O) groups is 5. The first-order valence-electron chi connectivity index (χ1n) is 22.9. The fourth-order valence-corrected chi connectivity index (χ4v) is 11.1. The van der Waals surface area contributed by atoms with Gasteiger partial charge in [-0.1, -0.05) is 26.8 Å². The normalized spacial score (nSPS) is 20.7. The summed E-state index contributed by atoms with van der Waals surface area (Å²) >= 11 is 1.42. The zero-order valence-corrected chi connectivity index (χ0v) is 41.9. The molecule has 0 radical (unpaired) electrons. The van der Waals surface area contributed by atoms with Crippen LogP contribution in [-0.2, 0) is 46.9 Å². The largest absolute Gasteiger partial charge is 0.510 e. The number of methoxy groups -OCH3 is 1. The van der Waals surface area contributed by atoms with Gasteiger partial charge in [0.05, 0.1) is 38.1 Å². The van der Waals surface area contributed by atoms with Crippen LogP contribution in [0.15, 0.2) is 42.3 Å². The van der Waals surface area contributed by atoms with E-state index >= 15 is 4.79 Å². The van der Waals surface area contributed by atoms with Crippen LogP contribution < -0.4 is 25.4 Å². The Morgan fingerprint density at radius 3 is 2.20 bits per heavy atom. The molecule has 2 unspecified atom stereocenters. The Balaban J connectivity index is 1.36. The molecule has 3 N–H and O–H groups in total. The monoisotopic (exact) mass is 1000 g/mol. The lowest BCUT2D eigenvalue weighted by Crippen LogP contribution is -2.58. The molecular weight excluding hydrogens is 940 g/mol. The molecule has 0 bridgehead atoms. The molecule has 5 atom stereocenters. The van der Waals surface area contributed by atoms with Crippen molar-refractivity contribution in [1.82, 2.24) is 25.5 Å². The van der Waals surface area contributed by atoms with Gasteiger partial charge in [0.1, 0.15) is 46.8 Å². The first-order chi connectivity index (χ1) is 32.8. The highest BCUT2D eigenvalue weighted by atomic mass is 32.1. The van der Waals surface area contributed by atoms with E-state index in [0.29, 0.717) is 51.8 Å². The number of ether oxygens (including phenoxy) is 7. The molecule has 1 saturated heterocycles. The SMILES string of the molecule is C=CC1C[C@]1(NC(=O)[C@@H]1CC(Oc2cc(-c3csc(NC(C)C)n3)nc3cc(OC)ccc23)CN1C(=O)[C@@H](NC(=O)OC1CCCC1)C(C)(C)C)P(=O)(OCOC(=O)OCC)OCOC(=O)OCC. The van der Waals surface area contributed by atoms with Crippen LogP contribution in [0.1, 0.15) is 87.0 Å². The number of thiazole rings is 1. The Bertz CT molecular complexity index is 2360. The van der Waals surface area contributed by atoms with E-state index in [1.165, 1.54) is 22.3 Å². The third-order valence-corrected chi connectivity index (χ3v) is 14.9. The van der Waals surface area contributed by atoms with Gasteiger partial charge in [0, 0.05) is 41.3 Å². The molecule has 69 heavy (non-hydrogen) atoms. The van der Waals surface area contributed by atoms with Gasteiger partial charge >= 0.3 is 26.0 Å². The van der Waals surface area contributed by atoms with Gasteiger partial charge < -0.3 is 54.0 Å². The van der Waals surface area contributed by atoms with Crippen molar-refractivity contribution in [1.29, 1.82) is 0 Å². The first-order valence-corrected chi connectivity index (χ1v) is 25.3. The van der Waals surface area contributed by atoms with Crippen LogP contribution in [0.2, 0.25) is 0 Å². The Labute approximate surface area is 405 Å². The van der Waals surface area contributed by atoms with Gasteiger partial charge in [-0.15, -0.1) is 17.9 Å². The highest BCUT2D eigenvalue weighted by molar-refractivity contribution is 7.56. The molecule has 21 nitrogen and oxygen atoms in total. The molecule has 3 amide bonds. The van der Waals surface area contributed by atoms with Crippen molar-refractivity contribution in [3.05, 3.63) is 42.3 Å². The summed E-state index contributed by atoms with van der Waals surface area (Å²) in [7, 11) is -3.15. The number of benzene rings is 1. The van der Waals surface area contributed by atoms with E-state index in [9.17, 15) is 23.7 Å². The van der Waals surface area contributed by atoms with Crippen molar-refractivity contribution in [2.45, 2.75) is 123 Å². The Morgan fingerprint density at radius 2 is 1.62 bits per heavy atom. The predicted molar refractivity (Wildman–Crippen MR) is 253 cm³/mol. The Morgan fingerprint density at radius 1 is 0.957 bits per heavy atom. The molecule has 3 heterocycles. The molecule has 2 aliphatic carbocycles. The maximum absolute atomic E-state index is 15.0. The summed E-state index contributed by atoms with van der Waals surface area (Å²) in [6.45, 7) is 14.2. The number of hydrogen-bond donors (Lipinski definition) is 3. The second kappa shape index (κ2) is 22.8. The first kappa shape index (κ1) is 52.7. The fraction of sp³-hybridized carbons (Fsp3) is 0.587. The summed E-state index contributed by atoms with van der Waals surface area (Å²) < 4.78 is 63.7. The van der Waals surface area contributed by atoms with Crippen LogP contribution in [0.3, 0.4) is 0 Å². The number of fused-ring (bicyclic) bond motifs is 1. The molecule has 3 aliphatic rings. The minimum Gasteiger partial charge on any atom is -0.497 e. The van der Waals surface area contributed by atoms with Crippen molar-refractivity contribution in [3.63, 3.8) is 0 Å². The Kier molecular flexibility index (Phi) is 17.4. The molecule has 2 aromatic heterocycles. The maximum atomic E-state index is 15.0. The molecule has 1 aliphatic heterocycles. The molecule has 23 heteroatoms. The minimum atomic E-state index is -4.70. The van der Waals surface area contributed by atoms with Crippen LogP contribution in [0, 0.1) is 11.3 Å². The van der Waals surface area contributed by atoms with Crippen molar-refractivity contribution < 1.29 is 70.7 Å². The lowest BCUT2D eigenvalue weighted by atomic mass is 9.85. The van der Waals surface area contributed by atoms with Gasteiger partial charge in [0.15, 0.2) is 5.13 Å². The van der Waals surface area contributed by atoms with Crippen molar-refractivity contribution in [3.8, 4) is 22.9 Å². The molecule has 1 aromatic carbocycles. The highest BCUT2D eigenvalue weighted by Gasteiger charge is 2.69. The predicted octanol–water partition coefficient (Wildman–Crippen LogP) is 8.12. The molecule has 3 fully saturated rings. The number of nitrogens with one attached hydrogen (secondary N) is 3. The third kappa shape index (κ3) is 12.9. The molecule has 3 aromatic rings. The van der Waals surface area contributed by atoms with Crippen molar-refractivity contribution in [2.24, 2.45) is 11.3 Å². The number of pyridine rings is 1. The minimum absolute atomic E-state index is 0.0242. The summed E-state index contributed by atoms with van der Waals surface area (Å²) in [4.78, 5) is 78.6. The molecule has 6 rings (SSSR count). The summed E-state index contributed by atoms with van der Waals surface area (Å²) in [5, 5.41) is 10.3. The molecule has 2 saturated carbocycles. The number of amides is 3. The number of nitrogens with zero attached hydrogens (tertiary/aromatic N) is 3. The van der Waals surface area contributed by atoms with Gasteiger partial charge in [-0.05, 0) is 77.3 Å². The zero-order valence-electron chi connectivity index (χ0n) is 40.2. The summed E-state index contributed by atoms with van der Waals surface area (Å²) in [5.74, 6) is -1.21. The number of carbonyl (C=O) groups excluding carboxylic acids is 5. The van der Waals surface area contributed by atoms with Crippen molar-refractivity contribution >= 4 is 65.2 Å². The topological polar surface area (TPSA) is 251 Å². The third-order valence-electron chi connectivity index (χ3n) is 11.7. The quantitative estimate of drug-likeness (QED) is 0.0299. The average Bonchev–Trinajstić information content (AvgIpc) is 3.69. The lowest BCUT2D eigenvalue weighted by molar-refractivity contribution is -0.142.